The zero-order valence-corrected chi connectivity index (χ0v) is 17.2. The van der Waals surface area contributed by atoms with Gasteiger partial charge >= 0.3 is 5.97 Å². The van der Waals surface area contributed by atoms with Crippen LogP contribution in [0.25, 0.3) is 0 Å². The molecule has 0 aromatic carbocycles. The van der Waals surface area contributed by atoms with Gasteiger partial charge < -0.3 is 15.4 Å². The Balaban J connectivity index is 5.16. The summed E-state index contributed by atoms with van der Waals surface area (Å²) in [5, 5.41) is 5.34. The monoisotopic (exact) mass is 376 g/mol. The first-order valence-electron chi connectivity index (χ1n) is 8.74. The van der Waals surface area contributed by atoms with Crippen molar-refractivity contribution in [3.63, 3.8) is 0 Å². The number of hydrogen-bond donors (Lipinski definition) is 2. The van der Waals surface area contributed by atoms with Gasteiger partial charge in [0.05, 0.1) is 0 Å². The zero-order chi connectivity index (χ0) is 19.8. The average molecular weight is 377 g/mol. The normalized spacial score (nSPS) is 14.2. The van der Waals surface area contributed by atoms with Crippen molar-refractivity contribution < 1.29 is 19.1 Å². The van der Waals surface area contributed by atoms with E-state index in [-0.39, 0.29) is 17.7 Å². The number of carbonyl (C=O) groups is 3. The van der Waals surface area contributed by atoms with E-state index in [1.807, 2.05) is 27.7 Å². The Bertz CT molecular complexity index is 458. The Morgan fingerprint density at radius 3 is 1.80 bits per heavy atom. The van der Waals surface area contributed by atoms with Gasteiger partial charge in [0.25, 0.3) is 0 Å². The predicted molar refractivity (Wildman–Crippen MR) is 99.3 cm³/mol. The molecule has 0 heterocycles. The fourth-order valence-corrected chi connectivity index (χ4v) is 2.34. The second-order valence-corrected chi connectivity index (χ2v) is 8.37. The van der Waals surface area contributed by atoms with Crippen LogP contribution >= 0.6 is 11.6 Å². The van der Waals surface area contributed by atoms with Crippen molar-refractivity contribution in [1.29, 1.82) is 0 Å². The fourth-order valence-electron chi connectivity index (χ4n) is 2.27. The third kappa shape index (κ3) is 11.0. The molecule has 0 aliphatic rings. The Hall–Kier alpha value is -1.30. The van der Waals surface area contributed by atoms with E-state index in [0.29, 0.717) is 12.8 Å². The molecule has 2 amide bonds. The van der Waals surface area contributed by atoms with Gasteiger partial charge in [-0.25, -0.2) is 4.79 Å². The highest BCUT2D eigenvalue weighted by atomic mass is 35.5. The lowest BCUT2D eigenvalue weighted by atomic mass is 10.0. The van der Waals surface area contributed by atoms with Crippen LogP contribution in [-0.4, -0.2) is 41.3 Å². The largest absolute Gasteiger partial charge is 0.458 e. The van der Waals surface area contributed by atoms with E-state index in [1.54, 1.807) is 20.8 Å². The van der Waals surface area contributed by atoms with Crippen LogP contribution in [0.2, 0.25) is 0 Å². The van der Waals surface area contributed by atoms with Crippen molar-refractivity contribution in [3.05, 3.63) is 0 Å². The summed E-state index contributed by atoms with van der Waals surface area (Å²) in [6.45, 7) is 13.2. The van der Waals surface area contributed by atoms with E-state index in [9.17, 15) is 14.4 Å². The lowest BCUT2D eigenvalue weighted by Gasteiger charge is -2.27. The van der Waals surface area contributed by atoms with Crippen molar-refractivity contribution in [1.82, 2.24) is 10.6 Å². The molecule has 7 heteroatoms. The van der Waals surface area contributed by atoms with Gasteiger partial charge in [0.2, 0.25) is 11.8 Å². The first-order chi connectivity index (χ1) is 11.4. The van der Waals surface area contributed by atoms with E-state index < -0.39 is 35.5 Å². The van der Waals surface area contributed by atoms with Gasteiger partial charge in [-0.2, -0.15) is 0 Å². The van der Waals surface area contributed by atoms with Gasteiger partial charge in [-0.15, -0.1) is 11.6 Å². The molecule has 0 radical (unpaired) electrons. The molecule has 0 aromatic rings. The number of ether oxygens (including phenoxy) is 1. The molecular formula is C18H33ClN2O4. The number of amides is 2. The Labute approximate surface area is 156 Å². The molecule has 0 saturated heterocycles. The molecule has 0 saturated carbocycles. The summed E-state index contributed by atoms with van der Waals surface area (Å²) < 4.78 is 5.40. The molecule has 0 aromatic heterocycles. The van der Waals surface area contributed by atoms with E-state index in [4.69, 9.17) is 16.3 Å². The minimum Gasteiger partial charge on any atom is -0.458 e. The lowest BCUT2D eigenvalue weighted by Crippen LogP contribution is -2.53. The first kappa shape index (κ1) is 23.7. The number of esters is 1. The first-order valence-corrected chi connectivity index (χ1v) is 9.27. The highest BCUT2D eigenvalue weighted by Crippen LogP contribution is 2.14. The maximum atomic E-state index is 12.6. The molecule has 146 valence electrons. The Morgan fingerprint density at radius 2 is 1.40 bits per heavy atom. The second kappa shape index (κ2) is 10.6. The smallest absolute Gasteiger partial charge is 0.329 e. The summed E-state index contributed by atoms with van der Waals surface area (Å²) in [5.41, 5.74) is -0.638. The van der Waals surface area contributed by atoms with Gasteiger partial charge in [0.15, 0.2) is 0 Å². The van der Waals surface area contributed by atoms with Crippen LogP contribution in [-0.2, 0) is 19.1 Å². The van der Waals surface area contributed by atoms with Crippen molar-refractivity contribution in [3.8, 4) is 0 Å². The number of hydrogen-bond acceptors (Lipinski definition) is 4. The summed E-state index contributed by atoms with van der Waals surface area (Å²) in [4.78, 5) is 36.6. The summed E-state index contributed by atoms with van der Waals surface area (Å²) in [6, 6.07) is -1.49. The lowest BCUT2D eigenvalue weighted by molar-refractivity contribution is -0.159. The molecule has 2 atom stereocenters. The van der Waals surface area contributed by atoms with E-state index in [2.05, 4.69) is 10.6 Å². The van der Waals surface area contributed by atoms with Crippen LogP contribution in [0.1, 0.15) is 61.3 Å². The Morgan fingerprint density at radius 1 is 0.920 bits per heavy atom. The maximum Gasteiger partial charge on any atom is 0.329 e. The molecule has 0 spiro atoms. The van der Waals surface area contributed by atoms with Crippen molar-refractivity contribution in [2.45, 2.75) is 79.0 Å². The molecule has 2 unspecified atom stereocenters. The predicted octanol–water partition coefficient (Wildman–Crippen LogP) is 2.63. The fraction of sp³-hybridized carbons (Fsp3) is 0.833. The van der Waals surface area contributed by atoms with Gasteiger partial charge in [-0.05, 0) is 45.4 Å². The number of halogens is 1. The van der Waals surface area contributed by atoms with Gasteiger partial charge in [0.1, 0.15) is 23.6 Å². The van der Waals surface area contributed by atoms with E-state index in [0.717, 1.165) is 0 Å². The topological polar surface area (TPSA) is 84.5 Å². The molecule has 0 bridgehead atoms. The van der Waals surface area contributed by atoms with Crippen LogP contribution in [0, 0.1) is 11.8 Å². The summed E-state index contributed by atoms with van der Waals surface area (Å²) >= 11 is 5.52. The number of alkyl halides is 1. The maximum absolute atomic E-state index is 12.6. The minimum atomic E-state index is -0.755. The molecule has 0 rings (SSSR count). The van der Waals surface area contributed by atoms with Crippen LogP contribution in [0.3, 0.4) is 0 Å². The van der Waals surface area contributed by atoms with Crippen LogP contribution < -0.4 is 10.6 Å². The van der Waals surface area contributed by atoms with Crippen LogP contribution in [0.4, 0.5) is 0 Å². The van der Waals surface area contributed by atoms with Crippen molar-refractivity contribution in [2.24, 2.45) is 11.8 Å². The van der Waals surface area contributed by atoms with E-state index in [1.165, 1.54) is 0 Å². The van der Waals surface area contributed by atoms with Crippen molar-refractivity contribution in [2.75, 3.05) is 5.88 Å². The standard InChI is InChI=1S/C18H33ClN2O4/c1-11(2)8-13(20-15(22)10-19)16(23)21-14(9-12(3)4)17(24)25-18(5,6)7/h11-14H,8-10H2,1-7H3,(H,20,22)(H,21,23). The third-order valence-electron chi connectivity index (χ3n) is 3.20. The van der Waals surface area contributed by atoms with Gasteiger partial charge in [0, 0.05) is 0 Å². The quantitative estimate of drug-likeness (QED) is 0.478. The molecule has 0 fully saturated rings. The number of carbonyl (C=O) groups excluding carboxylic acids is 3. The number of rotatable bonds is 9. The summed E-state index contributed by atoms with van der Waals surface area (Å²) in [6.07, 6.45) is 0.912. The highest BCUT2D eigenvalue weighted by molar-refractivity contribution is 6.27. The molecular weight excluding hydrogens is 344 g/mol. The molecule has 0 aliphatic heterocycles. The molecule has 0 aliphatic carbocycles. The SMILES string of the molecule is CC(C)CC(NC(=O)CCl)C(=O)NC(CC(C)C)C(=O)OC(C)(C)C. The van der Waals surface area contributed by atoms with Gasteiger partial charge in [-0.1, -0.05) is 27.7 Å². The summed E-state index contributed by atoms with van der Waals surface area (Å²) in [7, 11) is 0. The minimum absolute atomic E-state index is 0.191. The van der Waals surface area contributed by atoms with Gasteiger partial charge in [-0.3, -0.25) is 9.59 Å². The molecule has 6 nitrogen and oxygen atoms in total. The van der Waals surface area contributed by atoms with Crippen LogP contribution in [0.5, 0.6) is 0 Å². The zero-order valence-electron chi connectivity index (χ0n) is 16.4. The van der Waals surface area contributed by atoms with Crippen LogP contribution in [0.15, 0.2) is 0 Å². The third-order valence-corrected chi connectivity index (χ3v) is 3.44. The molecule has 2 N–H and O–H groups in total. The highest BCUT2D eigenvalue weighted by Gasteiger charge is 2.30. The van der Waals surface area contributed by atoms with Crippen molar-refractivity contribution >= 4 is 29.4 Å². The average Bonchev–Trinajstić information content (AvgIpc) is 2.42. The second-order valence-electron chi connectivity index (χ2n) is 8.11. The molecule has 25 heavy (non-hydrogen) atoms. The summed E-state index contributed by atoms with van der Waals surface area (Å²) in [5.74, 6) is -1.12. The van der Waals surface area contributed by atoms with E-state index >= 15 is 0 Å². The Kier molecular flexibility index (Phi) is 10.1. The number of nitrogens with one attached hydrogen (secondary N) is 2.